The van der Waals surface area contributed by atoms with Crippen molar-refractivity contribution in [1.29, 1.82) is 0 Å². The Labute approximate surface area is 109 Å². The molecule has 1 aliphatic heterocycles. The van der Waals surface area contributed by atoms with Crippen molar-refractivity contribution in [2.75, 3.05) is 13.1 Å². The van der Waals surface area contributed by atoms with Crippen LogP contribution in [0.15, 0.2) is 18.2 Å². The number of aliphatic carboxylic acids is 1. The fourth-order valence-corrected chi connectivity index (χ4v) is 2.05. The first kappa shape index (κ1) is 13.3. The molecule has 102 valence electrons. The van der Waals surface area contributed by atoms with Crippen LogP contribution < -0.4 is 0 Å². The molecule has 0 bridgehead atoms. The standard InChI is InChI=1S/C13H14FNO4/c1-7(13(18)19)8-5-15(6-8)12(17)10-4-9(14)2-3-11(10)16/h2-4,7-8,16H,5-6H2,1H3,(H,18,19). The van der Waals surface area contributed by atoms with Crippen LogP contribution in [0.3, 0.4) is 0 Å². The number of carboxylic acids is 1. The summed E-state index contributed by atoms with van der Waals surface area (Å²) in [6.45, 7) is 2.21. The van der Waals surface area contributed by atoms with E-state index in [2.05, 4.69) is 0 Å². The first-order valence-corrected chi connectivity index (χ1v) is 5.90. The van der Waals surface area contributed by atoms with Gasteiger partial charge >= 0.3 is 5.97 Å². The molecule has 1 saturated heterocycles. The molecular formula is C13H14FNO4. The number of likely N-dealkylation sites (tertiary alicyclic amines) is 1. The van der Waals surface area contributed by atoms with E-state index in [1.807, 2.05) is 0 Å². The number of phenolic OH excluding ortho intramolecular Hbond substituents is 1. The zero-order valence-electron chi connectivity index (χ0n) is 10.3. The van der Waals surface area contributed by atoms with Gasteiger partial charge in [0.05, 0.1) is 11.5 Å². The van der Waals surface area contributed by atoms with Crippen molar-refractivity contribution in [3.63, 3.8) is 0 Å². The molecule has 1 heterocycles. The smallest absolute Gasteiger partial charge is 0.306 e. The monoisotopic (exact) mass is 267 g/mol. The summed E-state index contributed by atoms with van der Waals surface area (Å²) >= 11 is 0. The van der Waals surface area contributed by atoms with E-state index in [1.165, 1.54) is 4.90 Å². The molecular weight excluding hydrogens is 253 g/mol. The van der Waals surface area contributed by atoms with Crippen molar-refractivity contribution in [1.82, 2.24) is 4.90 Å². The van der Waals surface area contributed by atoms with Gasteiger partial charge in [0.25, 0.3) is 5.91 Å². The van der Waals surface area contributed by atoms with Crippen molar-refractivity contribution in [2.24, 2.45) is 11.8 Å². The molecule has 1 aromatic carbocycles. The average molecular weight is 267 g/mol. The Bertz CT molecular complexity index is 525. The molecule has 1 fully saturated rings. The number of hydrogen-bond donors (Lipinski definition) is 2. The quantitative estimate of drug-likeness (QED) is 0.866. The number of carboxylic acid groups (broad SMARTS) is 1. The molecule has 0 radical (unpaired) electrons. The number of phenols is 1. The molecule has 1 amide bonds. The Morgan fingerprint density at radius 3 is 2.63 bits per heavy atom. The zero-order chi connectivity index (χ0) is 14.2. The van der Waals surface area contributed by atoms with E-state index >= 15 is 0 Å². The van der Waals surface area contributed by atoms with Crippen LogP contribution in [-0.4, -0.2) is 40.1 Å². The molecule has 6 heteroatoms. The highest BCUT2D eigenvalue weighted by atomic mass is 19.1. The first-order chi connectivity index (χ1) is 8.90. The molecule has 1 aromatic rings. The fraction of sp³-hybridized carbons (Fsp3) is 0.385. The van der Waals surface area contributed by atoms with E-state index in [-0.39, 0.29) is 17.2 Å². The van der Waals surface area contributed by atoms with Crippen molar-refractivity contribution in [3.8, 4) is 5.75 Å². The second kappa shape index (κ2) is 4.87. The lowest BCUT2D eigenvalue weighted by molar-refractivity contribution is -0.144. The predicted molar refractivity (Wildman–Crippen MR) is 64.3 cm³/mol. The lowest BCUT2D eigenvalue weighted by atomic mass is 9.86. The third-order valence-electron chi connectivity index (χ3n) is 3.48. The van der Waals surface area contributed by atoms with Crippen LogP contribution in [0, 0.1) is 17.7 Å². The van der Waals surface area contributed by atoms with Gasteiger partial charge in [-0.05, 0) is 18.2 Å². The summed E-state index contributed by atoms with van der Waals surface area (Å²) in [4.78, 5) is 24.2. The van der Waals surface area contributed by atoms with Gasteiger partial charge < -0.3 is 15.1 Å². The van der Waals surface area contributed by atoms with Crippen LogP contribution in [0.2, 0.25) is 0 Å². The van der Waals surface area contributed by atoms with Crippen LogP contribution in [0.5, 0.6) is 5.75 Å². The second-order valence-corrected chi connectivity index (χ2v) is 4.76. The minimum atomic E-state index is -0.897. The third kappa shape index (κ3) is 2.52. The minimum absolute atomic E-state index is 0.0959. The van der Waals surface area contributed by atoms with E-state index in [0.29, 0.717) is 13.1 Å². The summed E-state index contributed by atoms with van der Waals surface area (Å²) < 4.78 is 13.0. The van der Waals surface area contributed by atoms with Gasteiger partial charge in [-0.2, -0.15) is 0 Å². The van der Waals surface area contributed by atoms with Gasteiger partial charge in [0.15, 0.2) is 0 Å². The fourth-order valence-electron chi connectivity index (χ4n) is 2.05. The topological polar surface area (TPSA) is 77.8 Å². The maximum atomic E-state index is 13.0. The molecule has 2 N–H and O–H groups in total. The van der Waals surface area contributed by atoms with Crippen LogP contribution in [0.1, 0.15) is 17.3 Å². The molecule has 2 rings (SSSR count). The third-order valence-corrected chi connectivity index (χ3v) is 3.48. The molecule has 0 aromatic heterocycles. The van der Waals surface area contributed by atoms with Gasteiger partial charge in [0.2, 0.25) is 0 Å². The molecule has 0 saturated carbocycles. The van der Waals surface area contributed by atoms with Crippen LogP contribution in [0.25, 0.3) is 0 Å². The largest absolute Gasteiger partial charge is 0.507 e. The Kier molecular flexibility index (Phi) is 3.42. The molecule has 1 unspecified atom stereocenters. The Balaban J connectivity index is 2.04. The van der Waals surface area contributed by atoms with Crippen LogP contribution in [-0.2, 0) is 4.79 Å². The van der Waals surface area contributed by atoms with Crippen LogP contribution in [0.4, 0.5) is 4.39 Å². The Hall–Kier alpha value is -2.11. The highest BCUT2D eigenvalue weighted by Gasteiger charge is 2.38. The number of carbonyl (C=O) groups is 2. The first-order valence-electron chi connectivity index (χ1n) is 5.90. The normalized spacial score (nSPS) is 16.8. The van der Waals surface area contributed by atoms with Crippen molar-refractivity contribution < 1.29 is 24.2 Å². The van der Waals surface area contributed by atoms with Crippen LogP contribution >= 0.6 is 0 Å². The number of hydrogen-bond acceptors (Lipinski definition) is 3. The molecule has 1 atom stereocenters. The number of halogens is 1. The number of rotatable bonds is 3. The highest BCUT2D eigenvalue weighted by molar-refractivity contribution is 5.97. The van der Waals surface area contributed by atoms with E-state index < -0.39 is 23.6 Å². The van der Waals surface area contributed by atoms with E-state index in [0.717, 1.165) is 18.2 Å². The number of carbonyl (C=O) groups excluding carboxylic acids is 1. The van der Waals surface area contributed by atoms with E-state index in [4.69, 9.17) is 5.11 Å². The SMILES string of the molecule is CC(C(=O)O)C1CN(C(=O)c2cc(F)ccc2O)C1. The van der Waals surface area contributed by atoms with Gasteiger partial charge in [-0.1, -0.05) is 6.92 Å². The molecule has 19 heavy (non-hydrogen) atoms. The summed E-state index contributed by atoms with van der Waals surface area (Å²) in [5.74, 6) is -2.88. The Morgan fingerprint density at radius 1 is 1.42 bits per heavy atom. The second-order valence-electron chi connectivity index (χ2n) is 4.76. The maximum Gasteiger partial charge on any atom is 0.306 e. The summed E-state index contributed by atoms with van der Waals surface area (Å²) in [6, 6.07) is 3.17. The van der Waals surface area contributed by atoms with Gasteiger partial charge in [-0.15, -0.1) is 0 Å². The molecule has 1 aliphatic rings. The predicted octanol–water partition coefficient (Wildman–Crippen LogP) is 1.32. The van der Waals surface area contributed by atoms with Crippen molar-refractivity contribution >= 4 is 11.9 Å². The number of nitrogens with zero attached hydrogens (tertiary/aromatic N) is 1. The lowest BCUT2D eigenvalue weighted by Gasteiger charge is -2.41. The van der Waals surface area contributed by atoms with E-state index in [9.17, 15) is 19.1 Å². The lowest BCUT2D eigenvalue weighted by Crippen LogP contribution is -2.53. The van der Waals surface area contributed by atoms with Crippen molar-refractivity contribution in [3.05, 3.63) is 29.6 Å². The van der Waals surface area contributed by atoms with Gasteiger partial charge in [0.1, 0.15) is 11.6 Å². The number of amides is 1. The average Bonchev–Trinajstić information content (AvgIpc) is 2.29. The maximum absolute atomic E-state index is 13.0. The minimum Gasteiger partial charge on any atom is -0.507 e. The van der Waals surface area contributed by atoms with E-state index in [1.54, 1.807) is 6.92 Å². The number of benzene rings is 1. The summed E-state index contributed by atoms with van der Waals surface area (Å²) in [5.41, 5.74) is -0.0959. The van der Waals surface area contributed by atoms with Gasteiger partial charge in [0, 0.05) is 19.0 Å². The van der Waals surface area contributed by atoms with Crippen molar-refractivity contribution in [2.45, 2.75) is 6.92 Å². The Morgan fingerprint density at radius 2 is 2.05 bits per heavy atom. The molecule has 0 spiro atoms. The number of aromatic hydroxyl groups is 1. The zero-order valence-corrected chi connectivity index (χ0v) is 10.3. The summed E-state index contributed by atoms with van der Waals surface area (Å²) in [7, 11) is 0. The van der Waals surface area contributed by atoms with Gasteiger partial charge in [-0.25, -0.2) is 4.39 Å². The summed E-state index contributed by atoms with van der Waals surface area (Å²) in [6.07, 6.45) is 0. The molecule has 0 aliphatic carbocycles. The van der Waals surface area contributed by atoms with Gasteiger partial charge in [-0.3, -0.25) is 9.59 Å². The summed E-state index contributed by atoms with van der Waals surface area (Å²) in [5, 5.41) is 18.4. The molecule has 5 nitrogen and oxygen atoms in total. The highest BCUT2D eigenvalue weighted by Crippen LogP contribution is 2.28.